The first-order valence-electron chi connectivity index (χ1n) is 9.87. The maximum atomic E-state index is 13.9. The van der Waals surface area contributed by atoms with Gasteiger partial charge in [-0.1, -0.05) is 48.5 Å². The van der Waals surface area contributed by atoms with Crippen LogP contribution in [0.1, 0.15) is 18.4 Å². The number of carbonyl (C=O) groups excluding carboxylic acids is 2. The second kappa shape index (κ2) is 8.98. The highest BCUT2D eigenvalue weighted by Crippen LogP contribution is 2.32. The Morgan fingerprint density at radius 1 is 1.10 bits per heavy atom. The number of carboxylic acids is 1. The topological polar surface area (TPSA) is 87.2 Å². The number of aliphatic carboxylic acids is 1. The highest BCUT2D eigenvalue weighted by Gasteiger charge is 2.55. The predicted molar refractivity (Wildman–Crippen MR) is 112 cm³/mol. The second-order valence-electron chi connectivity index (χ2n) is 7.40. The highest BCUT2D eigenvalue weighted by molar-refractivity contribution is 6.11. The molecule has 0 spiro atoms. The van der Waals surface area contributed by atoms with Crippen LogP contribution in [-0.4, -0.2) is 60.1 Å². The molecular formula is C23H26N2O5. The van der Waals surface area contributed by atoms with E-state index in [1.54, 1.807) is 24.1 Å². The van der Waals surface area contributed by atoms with Crippen LogP contribution >= 0.6 is 0 Å². The van der Waals surface area contributed by atoms with E-state index in [1.807, 2.05) is 48.5 Å². The Hall–Kier alpha value is -3.35. The first kappa shape index (κ1) is 21.4. The molecule has 7 heteroatoms. The zero-order chi connectivity index (χ0) is 21.7. The molecule has 1 saturated heterocycles. The molecule has 0 aromatic heterocycles. The number of carbonyl (C=O) groups is 3. The average Bonchev–Trinajstić information content (AvgIpc) is 3.27. The maximum absolute atomic E-state index is 13.9. The fourth-order valence-corrected chi connectivity index (χ4v) is 4.07. The molecule has 0 radical (unpaired) electrons. The molecule has 0 aliphatic carbocycles. The number of rotatable bonds is 7. The van der Waals surface area contributed by atoms with E-state index in [0.29, 0.717) is 18.5 Å². The summed E-state index contributed by atoms with van der Waals surface area (Å²) in [6.07, 6.45) is 0.979. The van der Waals surface area contributed by atoms with E-state index >= 15 is 0 Å². The number of benzene rings is 2. The van der Waals surface area contributed by atoms with Crippen molar-refractivity contribution >= 4 is 23.5 Å². The van der Waals surface area contributed by atoms with Gasteiger partial charge in [0.05, 0.1) is 7.11 Å². The Morgan fingerprint density at radius 3 is 2.27 bits per heavy atom. The number of ether oxygens (including phenoxy) is 1. The normalized spacial score (nSPS) is 17.8. The number of likely N-dealkylation sites (N-methyl/N-ethyl adjacent to an activating group) is 1. The number of likely N-dealkylation sites (tertiary alicyclic amines) is 1. The van der Waals surface area contributed by atoms with Crippen LogP contribution in [0.3, 0.4) is 0 Å². The summed E-state index contributed by atoms with van der Waals surface area (Å²) in [6.45, 7) is 0.284. The molecule has 1 aliphatic heterocycles. The second-order valence-corrected chi connectivity index (χ2v) is 7.40. The number of hydrogen-bond donors (Lipinski definition) is 1. The number of nitrogens with zero attached hydrogens (tertiary/aromatic N) is 2. The van der Waals surface area contributed by atoms with Gasteiger partial charge in [-0.25, -0.2) is 9.59 Å². The van der Waals surface area contributed by atoms with Crippen LogP contribution in [0.25, 0.3) is 0 Å². The first-order valence-corrected chi connectivity index (χ1v) is 9.87. The van der Waals surface area contributed by atoms with Gasteiger partial charge in [0, 0.05) is 25.7 Å². The zero-order valence-corrected chi connectivity index (χ0v) is 17.2. The van der Waals surface area contributed by atoms with Crippen molar-refractivity contribution in [3.63, 3.8) is 0 Å². The summed E-state index contributed by atoms with van der Waals surface area (Å²) in [5, 5.41) is 9.62. The van der Waals surface area contributed by atoms with Gasteiger partial charge in [-0.2, -0.15) is 0 Å². The zero-order valence-electron chi connectivity index (χ0n) is 17.2. The Labute approximate surface area is 175 Å². The monoisotopic (exact) mass is 410 g/mol. The number of hydrogen-bond acceptors (Lipinski definition) is 5. The van der Waals surface area contributed by atoms with E-state index in [1.165, 1.54) is 12.0 Å². The van der Waals surface area contributed by atoms with Crippen LogP contribution < -0.4 is 4.90 Å². The Bertz CT molecular complexity index is 902. The van der Waals surface area contributed by atoms with Gasteiger partial charge in [-0.15, -0.1) is 0 Å². The van der Waals surface area contributed by atoms with Gasteiger partial charge >= 0.3 is 11.9 Å². The molecule has 1 aliphatic rings. The molecule has 30 heavy (non-hydrogen) atoms. The molecule has 0 saturated carbocycles. The van der Waals surface area contributed by atoms with Crippen molar-refractivity contribution in [2.75, 3.05) is 25.6 Å². The molecule has 1 heterocycles. The number of para-hydroxylation sites is 1. The van der Waals surface area contributed by atoms with Crippen molar-refractivity contribution in [2.45, 2.75) is 30.8 Å². The number of anilines is 1. The van der Waals surface area contributed by atoms with Gasteiger partial charge in [0.15, 0.2) is 0 Å². The summed E-state index contributed by atoms with van der Waals surface area (Å²) in [4.78, 5) is 41.9. The van der Waals surface area contributed by atoms with E-state index in [9.17, 15) is 19.5 Å². The van der Waals surface area contributed by atoms with E-state index in [4.69, 9.17) is 4.74 Å². The molecule has 0 bridgehead atoms. The van der Waals surface area contributed by atoms with Crippen molar-refractivity contribution in [3.8, 4) is 0 Å². The minimum atomic E-state index is -1.74. The van der Waals surface area contributed by atoms with Gasteiger partial charge < -0.3 is 19.6 Å². The Morgan fingerprint density at radius 2 is 1.70 bits per heavy atom. The number of methoxy groups -OCH3 is 1. The summed E-state index contributed by atoms with van der Waals surface area (Å²) in [5.41, 5.74) is -0.321. The van der Waals surface area contributed by atoms with Gasteiger partial charge in [0.25, 0.3) is 5.91 Å². The quantitative estimate of drug-likeness (QED) is 0.557. The lowest BCUT2D eigenvalue weighted by Gasteiger charge is -2.42. The summed E-state index contributed by atoms with van der Waals surface area (Å²) < 4.78 is 5.13. The minimum Gasteiger partial charge on any atom is -0.480 e. The van der Waals surface area contributed by atoms with Crippen molar-refractivity contribution in [1.29, 1.82) is 0 Å². The molecule has 2 aromatic rings. The molecular weight excluding hydrogens is 384 g/mol. The van der Waals surface area contributed by atoms with Crippen molar-refractivity contribution < 1.29 is 24.2 Å². The molecule has 1 amide bonds. The fourth-order valence-electron chi connectivity index (χ4n) is 4.07. The van der Waals surface area contributed by atoms with Crippen molar-refractivity contribution in [2.24, 2.45) is 0 Å². The number of amides is 1. The molecule has 3 rings (SSSR count). The van der Waals surface area contributed by atoms with Gasteiger partial charge in [0.2, 0.25) is 5.54 Å². The third kappa shape index (κ3) is 3.87. The van der Waals surface area contributed by atoms with Crippen LogP contribution in [0.5, 0.6) is 0 Å². The summed E-state index contributed by atoms with van der Waals surface area (Å²) in [6, 6.07) is 17.3. The van der Waals surface area contributed by atoms with Gasteiger partial charge in [-0.3, -0.25) is 4.79 Å². The summed E-state index contributed by atoms with van der Waals surface area (Å²) in [5.74, 6) is -2.35. The molecule has 1 N–H and O–H groups in total. The van der Waals surface area contributed by atoms with Gasteiger partial charge in [0.1, 0.15) is 6.04 Å². The largest absolute Gasteiger partial charge is 0.480 e. The smallest absolute Gasteiger partial charge is 0.342 e. The first-order chi connectivity index (χ1) is 14.4. The SMILES string of the molecule is COC(=O)[C@@](Cc1ccccc1)(C(=O)N1CCC[C@H]1C(=O)O)N(C)c1ccccc1. The average molecular weight is 410 g/mol. The molecule has 158 valence electrons. The standard InChI is InChI=1S/C23H26N2O5/c1-24(18-12-7-4-8-13-18)23(22(29)30-2,16-17-10-5-3-6-11-17)21(28)25-15-9-14-19(25)20(26)27/h3-8,10-13,19H,9,14-16H2,1-2H3,(H,26,27)/t19-,23+/m0/s1. The van der Waals surface area contributed by atoms with E-state index in [0.717, 1.165) is 5.56 Å². The molecule has 0 unspecified atom stereocenters. The lowest BCUT2D eigenvalue weighted by atomic mass is 9.86. The van der Waals surface area contributed by atoms with Crippen LogP contribution in [0.4, 0.5) is 5.69 Å². The summed E-state index contributed by atoms with van der Waals surface area (Å²) in [7, 11) is 2.91. The van der Waals surface area contributed by atoms with E-state index in [-0.39, 0.29) is 13.0 Å². The molecule has 7 nitrogen and oxygen atoms in total. The number of carboxylic acid groups (broad SMARTS) is 1. The minimum absolute atomic E-state index is 0.0492. The molecule has 1 fully saturated rings. The highest BCUT2D eigenvalue weighted by atomic mass is 16.5. The lowest BCUT2D eigenvalue weighted by Crippen LogP contribution is -2.66. The Kier molecular flexibility index (Phi) is 6.40. The van der Waals surface area contributed by atoms with Crippen LogP contribution in [0.15, 0.2) is 60.7 Å². The molecule has 2 aromatic carbocycles. The Balaban J connectivity index is 2.15. The predicted octanol–water partition coefficient (Wildman–Crippen LogP) is 2.35. The fraction of sp³-hybridized carbons (Fsp3) is 0.348. The van der Waals surface area contributed by atoms with Gasteiger partial charge in [-0.05, 0) is 30.5 Å². The lowest BCUT2D eigenvalue weighted by molar-refractivity contribution is -0.160. The third-order valence-electron chi connectivity index (χ3n) is 5.69. The maximum Gasteiger partial charge on any atom is 0.342 e. The summed E-state index contributed by atoms with van der Waals surface area (Å²) >= 11 is 0. The number of esters is 1. The van der Waals surface area contributed by atoms with Crippen LogP contribution in [0, 0.1) is 0 Å². The van der Waals surface area contributed by atoms with Crippen molar-refractivity contribution in [3.05, 3.63) is 66.2 Å². The van der Waals surface area contributed by atoms with Crippen molar-refractivity contribution in [1.82, 2.24) is 4.90 Å². The van der Waals surface area contributed by atoms with E-state index < -0.39 is 29.4 Å². The third-order valence-corrected chi connectivity index (χ3v) is 5.69. The molecule has 2 atom stereocenters. The van der Waals surface area contributed by atoms with Crippen LogP contribution in [-0.2, 0) is 25.5 Å². The van der Waals surface area contributed by atoms with Crippen LogP contribution in [0.2, 0.25) is 0 Å². The van der Waals surface area contributed by atoms with E-state index in [2.05, 4.69) is 0 Å².